The van der Waals surface area contributed by atoms with E-state index in [0.717, 1.165) is 15.3 Å². The molecule has 0 saturated carbocycles. The average molecular weight is 238 g/mol. The zero-order chi connectivity index (χ0) is 12.9. The zero-order valence-electron chi connectivity index (χ0n) is 12.2. The van der Waals surface area contributed by atoms with Crippen LogP contribution in [-0.2, 0) is 0 Å². The van der Waals surface area contributed by atoms with E-state index in [9.17, 15) is 0 Å². The van der Waals surface area contributed by atoms with Crippen LogP contribution in [0.2, 0.25) is 9.56 Å². The van der Waals surface area contributed by atoms with E-state index in [1.165, 1.54) is 5.70 Å². The highest BCUT2D eigenvalue weighted by Crippen LogP contribution is 2.24. The van der Waals surface area contributed by atoms with Gasteiger partial charge in [0.05, 0.1) is 0 Å². The lowest BCUT2D eigenvalue weighted by Gasteiger charge is -2.32. The molecule has 2 nitrogen and oxygen atoms in total. The molecule has 0 aromatic rings. The van der Waals surface area contributed by atoms with Crippen molar-refractivity contribution < 1.29 is 0 Å². The molecule has 0 aliphatic heterocycles. The largest absolute Gasteiger partial charge is 0.469 e. The van der Waals surface area contributed by atoms with Gasteiger partial charge in [-0.2, -0.15) is 0 Å². The topological polar surface area (TPSA) is 15.6 Å². The van der Waals surface area contributed by atoms with Crippen molar-refractivity contribution in [3.05, 3.63) is 11.8 Å². The minimum Gasteiger partial charge on any atom is -0.469 e. The third kappa shape index (κ3) is 4.72. The van der Waals surface area contributed by atoms with Crippen LogP contribution in [-0.4, -0.2) is 38.1 Å². The highest BCUT2D eigenvalue weighted by Gasteiger charge is 2.31. The van der Waals surface area contributed by atoms with E-state index in [1.54, 1.807) is 0 Å². The molecule has 0 heterocycles. The first-order valence-corrected chi connectivity index (χ1v) is 8.00. The summed E-state index contributed by atoms with van der Waals surface area (Å²) >= 11 is -0.892. The molecule has 0 bridgehead atoms. The van der Waals surface area contributed by atoms with Crippen LogP contribution in [0.3, 0.4) is 0 Å². The van der Waals surface area contributed by atoms with Gasteiger partial charge in [0.15, 0.2) is 0 Å². The fraction of sp³-hybridized carbons (Fsp3) is 0.769. The summed E-state index contributed by atoms with van der Waals surface area (Å²) in [5, 5.41) is 0. The Balaban J connectivity index is 4.88. The third-order valence-corrected chi connectivity index (χ3v) is 7.17. The van der Waals surface area contributed by atoms with Gasteiger partial charge in [0.2, 0.25) is 0 Å². The van der Waals surface area contributed by atoms with E-state index in [1.807, 2.05) is 7.05 Å². The first-order valence-electron chi connectivity index (χ1n) is 6.15. The lowest BCUT2D eigenvalue weighted by atomic mass is 10.3. The van der Waals surface area contributed by atoms with Crippen LogP contribution in [0.5, 0.6) is 0 Å². The first-order chi connectivity index (χ1) is 7.31. The Hall–Kier alpha value is -0.258. The second-order valence-corrected chi connectivity index (χ2v) is 9.66. The van der Waals surface area contributed by atoms with Crippen molar-refractivity contribution in [2.45, 2.75) is 51.1 Å². The maximum absolute atomic E-state index is 4.19. The summed E-state index contributed by atoms with van der Waals surface area (Å²) in [7, 11) is 4.09. The van der Waals surface area contributed by atoms with Crippen molar-refractivity contribution in [3.63, 3.8) is 0 Å². The van der Waals surface area contributed by atoms with E-state index >= 15 is 0 Å². The van der Waals surface area contributed by atoms with Crippen molar-refractivity contribution in [3.8, 4) is 0 Å². The van der Waals surface area contributed by atoms with Gasteiger partial charge in [0, 0.05) is 12.8 Å². The van der Waals surface area contributed by atoms with Gasteiger partial charge in [-0.1, -0.05) is 37.3 Å². The molecule has 0 amide bonds. The lowest BCUT2D eigenvalue weighted by molar-refractivity contribution is 0.606. The smallest absolute Gasteiger partial charge is 0.419 e. The van der Waals surface area contributed by atoms with Gasteiger partial charge in [-0.05, 0) is 32.7 Å². The lowest BCUT2D eigenvalue weighted by Crippen LogP contribution is -2.39. The molecular weight excluding hydrogens is 211 g/mol. The molecule has 92 valence electrons. The Bertz CT molecular complexity index is 259. The average Bonchev–Trinajstić information content (AvgIpc) is 2.16. The maximum atomic E-state index is 4.19. The monoisotopic (exact) mass is 238 g/mol. The molecule has 0 spiro atoms. The molecule has 0 N–H and O–H groups in total. The first kappa shape index (κ1) is 15.7. The summed E-state index contributed by atoms with van der Waals surface area (Å²) in [6.07, 6.45) is 2.19. The summed E-state index contributed by atoms with van der Waals surface area (Å²) in [4.78, 5) is 4.19. The molecule has 3 heteroatoms. The van der Waals surface area contributed by atoms with Crippen LogP contribution in [0, 0.1) is 0 Å². The van der Waals surface area contributed by atoms with Gasteiger partial charge in [-0.15, -0.1) is 0 Å². The minimum absolute atomic E-state index is 0.798. The molecule has 16 heavy (non-hydrogen) atoms. The van der Waals surface area contributed by atoms with Crippen LogP contribution >= 0.6 is 0 Å². The van der Waals surface area contributed by atoms with Crippen LogP contribution in [0.1, 0.15) is 41.5 Å². The molecule has 0 saturated heterocycles. The van der Waals surface area contributed by atoms with E-state index in [4.69, 9.17) is 0 Å². The molecule has 0 unspecified atom stereocenters. The highest BCUT2D eigenvalue weighted by molar-refractivity contribution is 6.59. The molecule has 0 aliphatic rings. The SMILES string of the molecule is CN=C(C)/C=C(/C)[N](C)[Al]([CH](C)C)[CH](C)C. The van der Waals surface area contributed by atoms with Crippen molar-refractivity contribution in [2.75, 3.05) is 14.1 Å². The number of nitrogens with zero attached hydrogens (tertiary/aromatic N) is 2. The zero-order valence-corrected chi connectivity index (χ0v) is 13.4. The van der Waals surface area contributed by atoms with E-state index in [0.29, 0.717) is 0 Å². The van der Waals surface area contributed by atoms with E-state index in [2.05, 4.69) is 63.5 Å². The van der Waals surface area contributed by atoms with Gasteiger partial charge in [-0.3, -0.25) is 4.99 Å². The van der Waals surface area contributed by atoms with Gasteiger partial charge in [0.1, 0.15) is 0 Å². The fourth-order valence-corrected chi connectivity index (χ4v) is 6.24. The predicted molar refractivity (Wildman–Crippen MR) is 76.5 cm³/mol. The van der Waals surface area contributed by atoms with Crippen LogP contribution < -0.4 is 0 Å². The number of hydrogen-bond donors (Lipinski definition) is 0. The van der Waals surface area contributed by atoms with Gasteiger partial charge in [-0.25, -0.2) is 0 Å². The molecule has 0 fully saturated rings. The van der Waals surface area contributed by atoms with E-state index in [-0.39, 0.29) is 0 Å². The Morgan fingerprint density at radius 1 is 1.12 bits per heavy atom. The minimum atomic E-state index is -0.892. The number of hydrogen-bond acceptors (Lipinski definition) is 2. The van der Waals surface area contributed by atoms with Gasteiger partial charge >= 0.3 is 14.4 Å². The fourth-order valence-electron chi connectivity index (χ4n) is 2.37. The number of aliphatic imine (C=N–C) groups is 1. The summed E-state index contributed by atoms with van der Waals surface area (Å²) in [6, 6.07) is 0. The van der Waals surface area contributed by atoms with Crippen LogP contribution in [0.4, 0.5) is 0 Å². The molecule has 0 atom stereocenters. The highest BCUT2D eigenvalue weighted by atomic mass is 27.2. The normalized spacial score (nSPS) is 13.6. The number of rotatable bonds is 5. The van der Waals surface area contributed by atoms with E-state index < -0.39 is 14.4 Å². The molecule has 0 rings (SSSR count). The Morgan fingerprint density at radius 3 is 1.88 bits per heavy atom. The van der Waals surface area contributed by atoms with Crippen molar-refractivity contribution in [1.82, 2.24) is 3.88 Å². The summed E-state index contributed by atoms with van der Waals surface area (Å²) < 4.78 is 4.11. The molecule has 0 radical (unpaired) electrons. The summed E-state index contributed by atoms with van der Waals surface area (Å²) in [5.74, 6) is 0. The van der Waals surface area contributed by atoms with Crippen molar-refractivity contribution >= 4 is 20.1 Å². The number of allylic oxidation sites excluding steroid dienone is 2. The maximum Gasteiger partial charge on any atom is 0.419 e. The van der Waals surface area contributed by atoms with Crippen molar-refractivity contribution in [2.24, 2.45) is 4.99 Å². The summed E-state index contributed by atoms with van der Waals surface area (Å²) in [6.45, 7) is 13.6. The second kappa shape index (κ2) is 7.14. The Kier molecular flexibility index (Phi) is 7.03. The second-order valence-electron chi connectivity index (χ2n) is 5.24. The standard InChI is InChI=1S/C7H13N2.2C3H7.Al/c1-6(8-3)5-7(2)9-4;2*1-3-2;/h5H,1-4H3;2*3H,1-2H3;/q-1;;;+1/b6-5-,9-7?;;;. The molecule has 0 aliphatic carbocycles. The third-order valence-electron chi connectivity index (χ3n) is 3.14. The predicted octanol–water partition coefficient (Wildman–Crippen LogP) is 3.72. The Labute approximate surface area is 106 Å². The van der Waals surface area contributed by atoms with Gasteiger partial charge in [0.25, 0.3) is 0 Å². The quantitative estimate of drug-likeness (QED) is 0.526. The molecule has 0 aromatic heterocycles. The molecular formula is C13H27AlN2. The van der Waals surface area contributed by atoms with Gasteiger partial charge < -0.3 is 3.88 Å². The van der Waals surface area contributed by atoms with Crippen LogP contribution in [0.15, 0.2) is 16.8 Å². The summed E-state index contributed by atoms with van der Waals surface area (Å²) in [5.41, 5.74) is 2.45. The van der Waals surface area contributed by atoms with Crippen molar-refractivity contribution in [1.29, 1.82) is 0 Å². The molecule has 0 aromatic carbocycles. The van der Waals surface area contributed by atoms with Crippen LogP contribution in [0.25, 0.3) is 0 Å². The Morgan fingerprint density at radius 2 is 1.56 bits per heavy atom.